The van der Waals surface area contributed by atoms with Crippen molar-refractivity contribution >= 4 is 5.97 Å². The number of methoxy groups -OCH3 is 1. The smallest absolute Gasteiger partial charge is 0.330 e. The third-order valence-electron chi connectivity index (χ3n) is 2.27. The molecule has 0 aliphatic heterocycles. The Morgan fingerprint density at radius 1 is 1.32 bits per heavy atom. The molecule has 0 spiro atoms. The van der Waals surface area contributed by atoms with Crippen molar-refractivity contribution < 1.29 is 18.8 Å². The summed E-state index contributed by atoms with van der Waals surface area (Å²) in [7, 11) is 1.54. The lowest BCUT2D eigenvalue weighted by atomic mass is 10.3. The summed E-state index contributed by atoms with van der Waals surface area (Å²) in [4.78, 5) is 22.4. The first-order valence-corrected chi connectivity index (χ1v) is 6.44. The van der Waals surface area contributed by atoms with Crippen LogP contribution in [0, 0.1) is 13.8 Å². The summed E-state index contributed by atoms with van der Waals surface area (Å²) in [6.07, 6.45) is 4.47. The Labute approximate surface area is 128 Å². The zero-order valence-electron chi connectivity index (χ0n) is 12.8. The molecule has 0 aromatic carbocycles. The van der Waals surface area contributed by atoms with Crippen LogP contribution in [-0.4, -0.2) is 46.4 Å². The van der Waals surface area contributed by atoms with E-state index in [-0.39, 0.29) is 0 Å². The molecule has 2 rings (SSSR count). The maximum absolute atomic E-state index is 10.3. The number of carbonyl (C=O) groups excluding carboxylic acids is 1. The Bertz CT molecular complexity index is 595. The van der Waals surface area contributed by atoms with E-state index in [4.69, 9.17) is 4.52 Å². The van der Waals surface area contributed by atoms with Crippen LogP contribution >= 0.6 is 0 Å². The van der Waals surface area contributed by atoms with E-state index in [9.17, 15) is 4.79 Å². The van der Waals surface area contributed by atoms with Gasteiger partial charge in [0.2, 0.25) is 11.7 Å². The molecule has 0 saturated carbocycles. The van der Waals surface area contributed by atoms with Crippen LogP contribution in [0.25, 0.3) is 11.4 Å². The monoisotopic (exact) mass is 306 g/mol. The number of hydrogen-bond acceptors (Lipinski definition) is 8. The number of esters is 1. The largest absolute Gasteiger partial charge is 0.460 e. The molecule has 2 heterocycles. The van der Waals surface area contributed by atoms with Crippen molar-refractivity contribution in [3.8, 4) is 11.4 Å². The number of aromatic nitrogens is 4. The molecule has 118 valence electrons. The van der Waals surface area contributed by atoms with Crippen LogP contribution in [0.2, 0.25) is 0 Å². The fraction of sp³-hybridized carbons (Fsp3) is 0.357. The van der Waals surface area contributed by atoms with Crippen molar-refractivity contribution in [2.75, 3.05) is 20.3 Å². The molecule has 0 aliphatic rings. The second-order valence-corrected chi connectivity index (χ2v) is 4.02. The van der Waals surface area contributed by atoms with Gasteiger partial charge in [0.15, 0.2) is 0 Å². The van der Waals surface area contributed by atoms with Gasteiger partial charge in [-0.25, -0.2) is 14.8 Å². The maximum atomic E-state index is 10.3. The zero-order chi connectivity index (χ0) is 16.4. The summed E-state index contributed by atoms with van der Waals surface area (Å²) in [6.45, 7) is 7.51. The summed E-state index contributed by atoms with van der Waals surface area (Å²) in [6, 6.07) is 0. The standard InChI is InChI=1S/C8H8N4O.C6H10O3/c1-5-9-3-7(4-10-5)8-11-6(2)13-12-8;1-3-6(7)9-5-4-8-2/h3-4H,1-2H3;3H,1,4-5H2,2H3. The van der Waals surface area contributed by atoms with Gasteiger partial charge < -0.3 is 14.0 Å². The van der Waals surface area contributed by atoms with Gasteiger partial charge in [0.05, 0.1) is 12.2 Å². The van der Waals surface area contributed by atoms with Gasteiger partial charge in [0.25, 0.3) is 0 Å². The summed E-state index contributed by atoms with van der Waals surface area (Å²) in [5.41, 5.74) is 0.766. The first kappa shape index (κ1) is 17.4. The topological polar surface area (TPSA) is 100 Å². The normalized spacial score (nSPS) is 9.59. The van der Waals surface area contributed by atoms with Crippen molar-refractivity contribution in [2.45, 2.75) is 13.8 Å². The Hall–Kier alpha value is -2.61. The predicted molar refractivity (Wildman–Crippen MR) is 77.8 cm³/mol. The molecule has 0 aliphatic carbocycles. The van der Waals surface area contributed by atoms with Crippen molar-refractivity contribution in [3.05, 3.63) is 36.8 Å². The van der Waals surface area contributed by atoms with Crippen LogP contribution in [0.1, 0.15) is 11.7 Å². The van der Waals surface area contributed by atoms with Crippen molar-refractivity contribution in [1.82, 2.24) is 20.1 Å². The van der Waals surface area contributed by atoms with Gasteiger partial charge in [-0.1, -0.05) is 11.7 Å². The Kier molecular flexibility index (Phi) is 7.41. The van der Waals surface area contributed by atoms with E-state index in [2.05, 4.69) is 36.2 Å². The fourth-order valence-corrected chi connectivity index (χ4v) is 1.21. The minimum Gasteiger partial charge on any atom is -0.460 e. The zero-order valence-corrected chi connectivity index (χ0v) is 12.8. The van der Waals surface area contributed by atoms with Gasteiger partial charge in [0, 0.05) is 32.5 Å². The number of carbonyl (C=O) groups is 1. The third kappa shape index (κ3) is 6.23. The number of rotatable bonds is 5. The highest BCUT2D eigenvalue weighted by molar-refractivity contribution is 5.81. The molecule has 0 atom stereocenters. The van der Waals surface area contributed by atoms with Crippen molar-refractivity contribution in [1.29, 1.82) is 0 Å². The Morgan fingerprint density at radius 3 is 2.50 bits per heavy atom. The molecular weight excluding hydrogens is 288 g/mol. The molecule has 2 aromatic heterocycles. The molecule has 0 unspecified atom stereocenters. The molecule has 0 radical (unpaired) electrons. The van der Waals surface area contributed by atoms with Crippen LogP contribution in [0.3, 0.4) is 0 Å². The lowest BCUT2D eigenvalue weighted by molar-refractivity contribution is -0.138. The second kappa shape index (κ2) is 9.35. The van der Waals surface area contributed by atoms with Crippen LogP contribution in [0.15, 0.2) is 29.6 Å². The predicted octanol–water partition coefficient (Wildman–Crippen LogP) is 1.51. The van der Waals surface area contributed by atoms with Gasteiger partial charge in [-0.15, -0.1) is 0 Å². The van der Waals surface area contributed by atoms with Gasteiger partial charge in [0.1, 0.15) is 12.4 Å². The molecule has 0 saturated heterocycles. The van der Waals surface area contributed by atoms with Crippen molar-refractivity contribution in [3.63, 3.8) is 0 Å². The van der Waals surface area contributed by atoms with E-state index in [0.29, 0.717) is 24.9 Å². The Morgan fingerprint density at radius 2 is 2.00 bits per heavy atom. The maximum Gasteiger partial charge on any atom is 0.330 e. The van der Waals surface area contributed by atoms with E-state index in [1.807, 2.05) is 6.92 Å². The Balaban J connectivity index is 0.000000239. The molecule has 8 nitrogen and oxygen atoms in total. The molecule has 8 heteroatoms. The van der Waals surface area contributed by atoms with Crippen LogP contribution in [0.4, 0.5) is 0 Å². The molecule has 0 N–H and O–H groups in total. The highest BCUT2D eigenvalue weighted by Crippen LogP contribution is 2.12. The lowest BCUT2D eigenvalue weighted by Gasteiger charge is -1.98. The average molecular weight is 306 g/mol. The first-order valence-electron chi connectivity index (χ1n) is 6.44. The highest BCUT2D eigenvalue weighted by Gasteiger charge is 2.05. The molecule has 22 heavy (non-hydrogen) atoms. The van der Waals surface area contributed by atoms with E-state index in [1.54, 1.807) is 26.4 Å². The summed E-state index contributed by atoms with van der Waals surface area (Å²) in [5, 5.41) is 3.75. The summed E-state index contributed by atoms with van der Waals surface area (Å²) in [5.74, 6) is 1.38. The minimum atomic E-state index is -0.410. The van der Waals surface area contributed by atoms with E-state index in [0.717, 1.165) is 17.5 Å². The van der Waals surface area contributed by atoms with Gasteiger partial charge in [-0.3, -0.25) is 0 Å². The SMILES string of the molecule is C=CC(=O)OCCOC.Cc1ncc(-c2noc(C)n2)cn1. The van der Waals surface area contributed by atoms with E-state index in [1.165, 1.54) is 0 Å². The average Bonchev–Trinajstić information content (AvgIpc) is 2.95. The first-order chi connectivity index (χ1) is 10.6. The number of nitrogens with zero attached hydrogens (tertiary/aromatic N) is 4. The van der Waals surface area contributed by atoms with Crippen molar-refractivity contribution in [2.24, 2.45) is 0 Å². The molecule has 0 amide bonds. The lowest BCUT2D eigenvalue weighted by Crippen LogP contribution is -2.06. The number of aryl methyl sites for hydroxylation is 2. The quantitative estimate of drug-likeness (QED) is 0.465. The molecule has 0 fully saturated rings. The van der Waals surface area contributed by atoms with Gasteiger partial charge in [-0.05, 0) is 6.92 Å². The highest BCUT2D eigenvalue weighted by atomic mass is 16.6. The summed E-state index contributed by atoms with van der Waals surface area (Å²) >= 11 is 0. The van der Waals surface area contributed by atoms with E-state index < -0.39 is 5.97 Å². The molecule has 2 aromatic rings. The van der Waals surface area contributed by atoms with Gasteiger partial charge >= 0.3 is 5.97 Å². The molecular formula is C14H18N4O4. The second-order valence-electron chi connectivity index (χ2n) is 4.02. The van der Waals surface area contributed by atoms with Crippen LogP contribution in [-0.2, 0) is 14.3 Å². The van der Waals surface area contributed by atoms with Crippen LogP contribution < -0.4 is 0 Å². The number of ether oxygens (including phenoxy) is 2. The third-order valence-corrected chi connectivity index (χ3v) is 2.27. The minimum absolute atomic E-state index is 0.293. The fourth-order valence-electron chi connectivity index (χ4n) is 1.21. The number of hydrogen-bond donors (Lipinski definition) is 0. The van der Waals surface area contributed by atoms with Crippen LogP contribution in [0.5, 0.6) is 0 Å². The van der Waals surface area contributed by atoms with E-state index >= 15 is 0 Å². The van der Waals surface area contributed by atoms with Gasteiger partial charge in [-0.2, -0.15) is 4.98 Å². The summed E-state index contributed by atoms with van der Waals surface area (Å²) < 4.78 is 14.0. The molecule has 0 bridgehead atoms.